The number of Topliss-reactive ketones (excluding diaryl/α,β-unsaturated/α-hetero) is 1. The summed E-state index contributed by atoms with van der Waals surface area (Å²) < 4.78 is 14.9. The number of carbonyl (C=O) groups excluding carboxylic acids is 1. The van der Waals surface area contributed by atoms with Crippen molar-refractivity contribution in [3.63, 3.8) is 0 Å². The lowest BCUT2D eigenvalue weighted by molar-refractivity contribution is 0.101. The molecule has 1 heterocycles. The fourth-order valence-electron chi connectivity index (χ4n) is 2.13. The van der Waals surface area contributed by atoms with Crippen LogP contribution in [0.2, 0.25) is 0 Å². The number of amides is 1. The predicted molar refractivity (Wildman–Crippen MR) is 75.0 cm³/mol. The van der Waals surface area contributed by atoms with Crippen molar-refractivity contribution in [2.45, 2.75) is 19.9 Å². The molecule has 1 amide bonds. The number of aromatic nitrogens is 2. The van der Waals surface area contributed by atoms with Gasteiger partial charge in [0.25, 0.3) is 0 Å². The summed E-state index contributed by atoms with van der Waals surface area (Å²) in [6, 6.07) is 4.16. The van der Waals surface area contributed by atoms with Crippen LogP contribution in [0.15, 0.2) is 18.2 Å². The van der Waals surface area contributed by atoms with E-state index in [-0.39, 0.29) is 5.78 Å². The van der Waals surface area contributed by atoms with E-state index < -0.39 is 11.9 Å². The highest BCUT2D eigenvalue weighted by Gasteiger charge is 2.15. The van der Waals surface area contributed by atoms with Crippen molar-refractivity contribution in [3.8, 4) is 0 Å². The van der Waals surface area contributed by atoms with Crippen LogP contribution in [0, 0.1) is 5.82 Å². The average molecular weight is 293 g/mol. The highest BCUT2D eigenvalue weighted by Crippen LogP contribution is 2.20. The highest BCUT2D eigenvalue weighted by molar-refractivity contribution is 6.04. The topological polar surface area (TPSA) is 75.4 Å². The van der Waals surface area contributed by atoms with Crippen LogP contribution in [0.5, 0.6) is 0 Å². The van der Waals surface area contributed by atoms with Crippen LogP contribution in [0.1, 0.15) is 23.8 Å². The molecule has 0 unspecified atom stereocenters. The lowest BCUT2D eigenvalue weighted by Gasteiger charge is -2.12. The first-order valence-electron chi connectivity index (χ1n) is 6.51. The number of carbonyl (C=O) groups is 2. The maximum absolute atomic E-state index is 13.4. The fourth-order valence-corrected chi connectivity index (χ4v) is 2.13. The molecule has 0 bridgehead atoms. The number of fused-ring (bicyclic) bond motifs is 1. The van der Waals surface area contributed by atoms with Crippen LogP contribution >= 0.6 is 0 Å². The monoisotopic (exact) mass is 293 g/mol. The van der Waals surface area contributed by atoms with Crippen molar-refractivity contribution < 1.29 is 19.1 Å². The van der Waals surface area contributed by atoms with E-state index in [9.17, 15) is 14.0 Å². The van der Waals surface area contributed by atoms with E-state index in [4.69, 9.17) is 5.11 Å². The van der Waals surface area contributed by atoms with Crippen molar-refractivity contribution in [1.82, 2.24) is 14.7 Å². The van der Waals surface area contributed by atoms with E-state index in [2.05, 4.69) is 5.10 Å². The molecule has 112 valence electrons. The third kappa shape index (κ3) is 3.18. The van der Waals surface area contributed by atoms with Gasteiger partial charge in [-0.2, -0.15) is 5.10 Å². The van der Waals surface area contributed by atoms with Crippen molar-refractivity contribution in [3.05, 3.63) is 29.7 Å². The third-order valence-corrected chi connectivity index (χ3v) is 3.24. The van der Waals surface area contributed by atoms with Gasteiger partial charge in [0, 0.05) is 32.4 Å². The number of nitrogens with zero attached hydrogens (tertiary/aromatic N) is 3. The molecule has 0 radical (unpaired) electrons. The van der Waals surface area contributed by atoms with Crippen LogP contribution in [-0.2, 0) is 6.54 Å². The SMILES string of the molecule is CC(=O)c1nn(CCCN(C)C(=O)O)c2cc(F)ccc12. The molecular weight excluding hydrogens is 277 g/mol. The van der Waals surface area contributed by atoms with E-state index >= 15 is 0 Å². The maximum Gasteiger partial charge on any atom is 0.407 e. The van der Waals surface area contributed by atoms with Gasteiger partial charge >= 0.3 is 6.09 Å². The zero-order valence-electron chi connectivity index (χ0n) is 11.8. The molecule has 1 N–H and O–H groups in total. The molecule has 0 atom stereocenters. The van der Waals surface area contributed by atoms with E-state index in [1.807, 2.05) is 0 Å². The molecule has 1 aromatic carbocycles. The standard InChI is InChI=1S/C14H16FN3O3/c1-9(19)13-11-5-4-10(15)8-12(11)18(16-13)7-3-6-17(2)14(20)21/h4-5,8H,3,6-7H2,1-2H3,(H,20,21). The molecule has 2 aromatic rings. The maximum atomic E-state index is 13.4. The number of benzene rings is 1. The Morgan fingerprint density at radius 1 is 1.43 bits per heavy atom. The Bertz CT molecular complexity index is 696. The quantitative estimate of drug-likeness (QED) is 0.859. The molecule has 0 spiro atoms. The van der Waals surface area contributed by atoms with Crippen LogP contribution in [0.4, 0.5) is 9.18 Å². The number of carboxylic acid groups (broad SMARTS) is 1. The summed E-state index contributed by atoms with van der Waals surface area (Å²) in [6.07, 6.45) is -0.483. The van der Waals surface area contributed by atoms with E-state index in [0.29, 0.717) is 36.1 Å². The zero-order chi connectivity index (χ0) is 15.6. The first-order valence-corrected chi connectivity index (χ1v) is 6.51. The van der Waals surface area contributed by atoms with Crippen molar-refractivity contribution in [2.75, 3.05) is 13.6 Å². The first-order chi connectivity index (χ1) is 9.90. The van der Waals surface area contributed by atoms with Gasteiger partial charge in [-0.05, 0) is 24.6 Å². The second-order valence-electron chi connectivity index (χ2n) is 4.85. The minimum absolute atomic E-state index is 0.187. The van der Waals surface area contributed by atoms with E-state index in [0.717, 1.165) is 4.90 Å². The molecular formula is C14H16FN3O3. The number of rotatable bonds is 5. The van der Waals surface area contributed by atoms with Crippen molar-refractivity contribution >= 4 is 22.8 Å². The molecule has 0 aliphatic rings. The summed E-state index contributed by atoms with van der Waals surface area (Å²) >= 11 is 0. The second-order valence-corrected chi connectivity index (χ2v) is 4.85. The van der Waals surface area contributed by atoms with Gasteiger partial charge in [-0.25, -0.2) is 9.18 Å². The van der Waals surface area contributed by atoms with Crippen LogP contribution in [0.3, 0.4) is 0 Å². The molecule has 0 aliphatic carbocycles. The van der Waals surface area contributed by atoms with Crippen molar-refractivity contribution in [2.24, 2.45) is 0 Å². The zero-order valence-corrected chi connectivity index (χ0v) is 11.8. The molecule has 0 aliphatic heterocycles. The molecule has 1 aromatic heterocycles. The molecule has 6 nitrogen and oxygen atoms in total. The van der Waals surface area contributed by atoms with Gasteiger partial charge in [0.2, 0.25) is 0 Å². The summed E-state index contributed by atoms with van der Waals surface area (Å²) in [7, 11) is 1.48. The Hall–Kier alpha value is -2.44. The van der Waals surface area contributed by atoms with Gasteiger partial charge in [-0.3, -0.25) is 9.48 Å². The highest BCUT2D eigenvalue weighted by atomic mass is 19.1. The van der Waals surface area contributed by atoms with Gasteiger partial charge in [-0.1, -0.05) is 0 Å². The Balaban J connectivity index is 2.25. The molecule has 21 heavy (non-hydrogen) atoms. The number of hydrogen-bond acceptors (Lipinski definition) is 3. The lowest BCUT2D eigenvalue weighted by atomic mass is 10.1. The number of aryl methyl sites for hydroxylation is 1. The van der Waals surface area contributed by atoms with E-state index in [1.54, 1.807) is 4.68 Å². The Morgan fingerprint density at radius 3 is 2.76 bits per heavy atom. The van der Waals surface area contributed by atoms with Crippen LogP contribution in [0.25, 0.3) is 10.9 Å². The Morgan fingerprint density at radius 2 is 2.14 bits per heavy atom. The normalized spacial score (nSPS) is 10.8. The Labute approximate surface area is 120 Å². The summed E-state index contributed by atoms with van der Waals surface area (Å²) in [5, 5.41) is 13.6. The second kappa shape index (κ2) is 5.90. The molecule has 2 rings (SSSR count). The third-order valence-electron chi connectivity index (χ3n) is 3.24. The molecule has 0 fully saturated rings. The summed E-state index contributed by atoms with van der Waals surface area (Å²) in [4.78, 5) is 23.4. The minimum atomic E-state index is -1.00. The van der Waals surface area contributed by atoms with Gasteiger partial charge in [0.1, 0.15) is 11.5 Å². The minimum Gasteiger partial charge on any atom is -0.465 e. The Kier molecular flexibility index (Phi) is 4.21. The van der Waals surface area contributed by atoms with Gasteiger partial charge < -0.3 is 10.0 Å². The fraction of sp³-hybridized carbons (Fsp3) is 0.357. The molecule has 0 saturated heterocycles. The number of ketones is 1. The smallest absolute Gasteiger partial charge is 0.407 e. The molecule has 0 saturated carbocycles. The first kappa shape index (κ1) is 15.0. The van der Waals surface area contributed by atoms with Gasteiger partial charge in [0.15, 0.2) is 5.78 Å². The number of hydrogen-bond donors (Lipinski definition) is 1. The summed E-state index contributed by atoms with van der Waals surface area (Å²) in [5.74, 6) is -0.589. The van der Waals surface area contributed by atoms with Crippen LogP contribution in [-0.4, -0.2) is 45.3 Å². The van der Waals surface area contributed by atoms with Gasteiger partial charge in [-0.15, -0.1) is 0 Å². The summed E-state index contributed by atoms with van der Waals surface area (Å²) in [6.45, 7) is 2.15. The largest absolute Gasteiger partial charge is 0.465 e. The van der Waals surface area contributed by atoms with Gasteiger partial charge in [0.05, 0.1) is 5.52 Å². The van der Waals surface area contributed by atoms with Crippen LogP contribution < -0.4 is 0 Å². The summed E-state index contributed by atoms with van der Waals surface area (Å²) in [5.41, 5.74) is 0.842. The molecule has 7 heteroatoms. The van der Waals surface area contributed by atoms with Crippen molar-refractivity contribution in [1.29, 1.82) is 0 Å². The number of halogens is 1. The van der Waals surface area contributed by atoms with E-state index in [1.165, 1.54) is 32.2 Å². The average Bonchev–Trinajstić information content (AvgIpc) is 2.77. The predicted octanol–water partition coefficient (Wildman–Crippen LogP) is 2.38. The lowest BCUT2D eigenvalue weighted by Crippen LogP contribution is -2.26.